The first-order chi connectivity index (χ1) is 8.26. The second kappa shape index (κ2) is 4.85. The Morgan fingerprint density at radius 2 is 2.29 bits per heavy atom. The molecule has 2 heterocycles. The second-order valence-corrected chi connectivity index (χ2v) is 4.02. The van der Waals surface area contributed by atoms with Crippen molar-refractivity contribution in [2.45, 2.75) is 4.90 Å². The summed E-state index contributed by atoms with van der Waals surface area (Å²) in [5.74, 6) is 0.374. The molecular weight excluding hydrogens is 236 g/mol. The number of nitriles is 1. The summed E-state index contributed by atoms with van der Waals surface area (Å²) in [4.78, 5) is 16.3. The maximum absolute atomic E-state index is 11.6. The summed E-state index contributed by atoms with van der Waals surface area (Å²) in [6, 6.07) is 8.83. The SMILES string of the molecule is CSc1cc(-c2ccccn2)oc(=O)c1C#N. The van der Waals surface area contributed by atoms with Crippen molar-refractivity contribution in [2.24, 2.45) is 0 Å². The number of nitrogens with zero attached hydrogens (tertiary/aromatic N) is 2. The van der Waals surface area contributed by atoms with Crippen LogP contribution in [-0.2, 0) is 0 Å². The van der Waals surface area contributed by atoms with E-state index < -0.39 is 5.63 Å². The summed E-state index contributed by atoms with van der Waals surface area (Å²) in [5.41, 5.74) is -0.0124. The quantitative estimate of drug-likeness (QED) is 0.758. The topological polar surface area (TPSA) is 66.9 Å². The van der Waals surface area contributed by atoms with Crippen LogP contribution in [0.2, 0.25) is 0 Å². The van der Waals surface area contributed by atoms with E-state index in [0.29, 0.717) is 16.3 Å². The molecule has 0 fully saturated rings. The Kier molecular flexibility index (Phi) is 3.26. The van der Waals surface area contributed by atoms with Crippen LogP contribution >= 0.6 is 11.8 Å². The Hall–Kier alpha value is -2.06. The van der Waals surface area contributed by atoms with Crippen LogP contribution in [0.1, 0.15) is 5.56 Å². The highest BCUT2D eigenvalue weighted by Gasteiger charge is 2.12. The molecule has 0 aliphatic rings. The van der Waals surface area contributed by atoms with E-state index in [0.717, 1.165) is 0 Å². The fraction of sp³-hybridized carbons (Fsp3) is 0.0833. The van der Waals surface area contributed by atoms with Crippen LogP contribution in [0.15, 0.2) is 44.6 Å². The molecule has 84 valence electrons. The van der Waals surface area contributed by atoms with E-state index in [9.17, 15) is 4.79 Å². The van der Waals surface area contributed by atoms with Crippen molar-refractivity contribution < 1.29 is 4.42 Å². The van der Waals surface area contributed by atoms with Crippen molar-refractivity contribution in [1.29, 1.82) is 5.26 Å². The summed E-state index contributed by atoms with van der Waals surface area (Å²) in [6.07, 6.45) is 3.42. The van der Waals surface area contributed by atoms with Gasteiger partial charge in [0, 0.05) is 11.1 Å². The van der Waals surface area contributed by atoms with E-state index >= 15 is 0 Å². The van der Waals surface area contributed by atoms with Crippen LogP contribution in [0.5, 0.6) is 0 Å². The maximum Gasteiger partial charge on any atom is 0.355 e. The first kappa shape index (κ1) is 11.4. The molecule has 0 N–H and O–H groups in total. The summed E-state index contributed by atoms with van der Waals surface area (Å²) in [6.45, 7) is 0. The lowest BCUT2D eigenvalue weighted by atomic mass is 10.2. The molecule has 4 nitrogen and oxygen atoms in total. The average molecular weight is 244 g/mol. The zero-order valence-electron chi connectivity index (χ0n) is 9.01. The predicted octanol–water partition coefficient (Wildman–Crippen LogP) is 2.30. The predicted molar refractivity (Wildman–Crippen MR) is 64.7 cm³/mol. The van der Waals surface area contributed by atoms with E-state index in [2.05, 4.69) is 4.98 Å². The largest absolute Gasteiger partial charge is 0.420 e. The molecule has 0 spiro atoms. The molecule has 0 radical (unpaired) electrons. The van der Waals surface area contributed by atoms with Crippen molar-refractivity contribution in [3.05, 3.63) is 46.4 Å². The van der Waals surface area contributed by atoms with Gasteiger partial charge in [0.1, 0.15) is 11.8 Å². The Balaban J connectivity index is 2.64. The van der Waals surface area contributed by atoms with Crippen molar-refractivity contribution in [3.63, 3.8) is 0 Å². The van der Waals surface area contributed by atoms with Gasteiger partial charge in [-0.25, -0.2) is 4.79 Å². The normalized spacial score (nSPS) is 9.88. The fourth-order valence-electron chi connectivity index (χ4n) is 1.37. The van der Waals surface area contributed by atoms with Gasteiger partial charge in [-0.05, 0) is 24.5 Å². The Morgan fingerprint density at radius 3 is 2.88 bits per heavy atom. The lowest BCUT2D eigenvalue weighted by Crippen LogP contribution is -2.06. The zero-order valence-corrected chi connectivity index (χ0v) is 9.82. The van der Waals surface area contributed by atoms with Crippen molar-refractivity contribution in [2.75, 3.05) is 6.26 Å². The van der Waals surface area contributed by atoms with Gasteiger partial charge in [-0.15, -0.1) is 11.8 Å². The van der Waals surface area contributed by atoms with E-state index in [1.165, 1.54) is 11.8 Å². The first-order valence-corrected chi connectivity index (χ1v) is 6.02. The van der Waals surface area contributed by atoms with Gasteiger partial charge in [0.25, 0.3) is 0 Å². The average Bonchev–Trinajstić information content (AvgIpc) is 2.38. The number of thioether (sulfide) groups is 1. The van der Waals surface area contributed by atoms with Crippen molar-refractivity contribution in [3.8, 4) is 17.5 Å². The van der Waals surface area contributed by atoms with Gasteiger partial charge in [0.2, 0.25) is 0 Å². The van der Waals surface area contributed by atoms with Crippen LogP contribution in [0.3, 0.4) is 0 Å². The summed E-state index contributed by atoms with van der Waals surface area (Å²) >= 11 is 1.33. The third-order valence-electron chi connectivity index (χ3n) is 2.16. The van der Waals surface area contributed by atoms with Gasteiger partial charge < -0.3 is 4.42 Å². The van der Waals surface area contributed by atoms with Crippen LogP contribution in [0.4, 0.5) is 0 Å². The minimum Gasteiger partial charge on any atom is -0.420 e. The Morgan fingerprint density at radius 1 is 1.47 bits per heavy atom. The molecule has 5 heteroatoms. The number of aromatic nitrogens is 1. The fourth-order valence-corrected chi connectivity index (χ4v) is 1.93. The van der Waals surface area contributed by atoms with E-state index in [-0.39, 0.29) is 5.56 Å². The van der Waals surface area contributed by atoms with Gasteiger partial charge in [0.15, 0.2) is 11.3 Å². The number of pyridine rings is 1. The third kappa shape index (κ3) is 2.22. The summed E-state index contributed by atoms with van der Waals surface area (Å²) in [7, 11) is 0. The lowest BCUT2D eigenvalue weighted by molar-refractivity contribution is 0.517. The molecule has 0 unspecified atom stereocenters. The summed E-state index contributed by atoms with van der Waals surface area (Å²) in [5, 5.41) is 8.85. The number of hydrogen-bond acceptors (Lipinski definition) is 5. The van der Waals surface area contributed by atoms with Gasteiger partial charge in [-0.3, -0.25) is 4.98 Å². The molecule has 0 saturated carbocycles. The van der Waals surface area contributed by atoms with Crippen LogP contribution < -0.4 is 5.63 Å². The number of rotatable bonds is 2. The highest BCUT2D eigenvalue weighted by Crippen LogP contribution is 2.23. The molecule has 0 atom stereocenters. The van der Waals surface area contributed by atoms with E-state index in [1.54, 1.807) is 36.7 Å². The number of hydrogen-bond donors (Lipinski definition) is 0. The molecule has 2 rings (SSSR count). The third-order valence-corrected chi connectivity index (χ3v) is 2.93. The zero-order chi connectivity index (χ0) is 12.3. The lowest BCUT2D eigenvalue weighted by Gasteiger charge is -2.02. The van der Waals surface area contributed by atoms with E-state index in [4.69, 9.17) is 9.68 Å². The maximum atomic E-state index is 11.6. The smallest absolute Gasteiger partial charge is 0.355 e. The molecule has 17 heavy (non-hydrogen) atoms. The second-order valence-electron chi connectivity index (χ2n) is 3.17. The minimum atomic E-state index is -0.625. The van der Waals surface area contributed by atoms with Crippen LogP contribution in [0.25, 0.3) is 11.5 Å². The van der Waals surface area contributed by atoms with Crippen molar-refractivity contribution >= 4 is 11.8 Å². The molecule has 0 aliphatic carbocycles. The molecule has 0 aliphatic heterocycles. The highest BCUT2D eigenvalue weighted by molar-refractivity contribution is 7.98. The van der Waals surface area contributed by atoms with Crippen molar-refractivity contribution in [1.82, 2.24) is 4.98 Å². The van der Waals surface area contributed by atoms with Gasteiger partial charge >= 0.3 is 5.63 Å². The van der Waals surface area contributed by atoms with Crippen LogP contribution in [0, 0.1) is 11.3 Å². The van der Waals surface area contributed by atoms with Crippen LogP contribution in [-0.4, -0.2) is 11.2 Å². The first-order valence-electron chi connectivity index (χ1n) is 4.80. The summed E-state index contributed by atoms with van der Waals surface area (Å²) < 4.78 is 5.07. The molecule has 2 aromatic rings. The molecule has 2 aromatic heterocycles. The minimum absolute atomic E-state index is 0.0391. The molecule has 0 bridgehead atoms. The Bertz CT molecular complexity index is 629. The molecule has 0 aromatic carbocycles. The Labute approximate surface area is 102 Å². The van der Waals surface area contributed by atoms with Gasteiger partial charge in [0.05, 0.1) is 0 Å². The monoisotopic (exact) mass is 244 g/mol. The standard InChI is InChI=1S/C12H8N2O2S/c1-17-11-6-10(9-4-2-3-5-14-9)16-12(15)8(11)7-13/h2-6H,1H3. The van der Waals surface area contributed by atoms with Gasteiger partial charge in [-0.2, -0.15) is 5.26 Å². The van der Waals surface area contributed by atoms with Gasteiger partial charge in [-0.1, -0.05) is 6.07 Å². The highest BCUT2D eigenvalue weighted by atomic mass is 32.2. The molecule has 0 saturated heterocycles. The molecule has 0 amide bonds. The molecular formula is C12H8N2O2S. The van der Waals surface area contributed by atoms with E-state index in [1.807, 2.05) is 6.07 Å².